The first kappa shape index (κ1) is 19.5. The largest absolute Gasteiger partial charge is 0.441 e. The number of benzene rings is 1. The van der Waals surface area contributed by atoms with Crippen molar-refractivity contribution in [3.63, 3.8) is 0 Å². The number of carbonyl (C=O) groups is 1. The third kappa shape index (κ3) is 4.91. The van der Waals surface area contributed by atoms with Crippen LogP contribution in [0.25, 0.3) is 11.5 Å². The normalized spacial score (nSPS) is 17.9. The van der Waals surface area contributed by atoms with Crippen molar-refractivity contribution in [2.75, 3.05) is 13.1 Å². The van der Waals surface area contributed by atoms with Crippen LogP contribution in [0, 0.1) is 18.6 Å². The summed E-state index contributed by atoms with van der Waals surface area (Å²) < 4.78 is 33.1. The molecule has 0 radical (unpaired) electrons. The van der Waals surface area contributed by atoms with E-state index in [-0.39, 0.29) is 17.4 Å². The Balaban J connectivity index is 1.73. The maximum Gasteiger partial charge on any atom is 0.229 e. The zero-order chi connectivity index (χ0) is 19.4. The molecule has 2 aromatic rings. The highest BCUT2D eigenvalue weighted by Gasteiger charge is 2.25. The highest BCUT2D eigenvalue weighted by Crippen LogP contribution is 2.28. The standard InChI is InChI=1S/C20H25F2N3O2/c1-13-19(24-20(27-13)17-11-15(21)6-7-18(17)22)12-25-10-4-3-5-16(25)8-9-23-14(2)26/h6-7,11,16H,3-5,8-10,12H2,1-2H3,(H,23,26). The molecule has 1 atom stereocenters. The minimum Gasteiger partial charge on any atom is -0.441 e. The summed E-state index contributed by atoms with van der Waals surface area (Å²) in [6, 6.07) is 3.60. The van der Waals surface area contributed by atoms with Crippen LogP contribution < -0.4 is 5.32 Å². The lowest BCUT2D eigenvalue weighted by atomic mass is 9.99. The SMILES string of the molecule is CC(=O)NCCC1CCCCN1Cc1nc(-c2cc(F)ccc2F)oc1C. The summed E-state index contributed by atoms with van der Waals surface area (Å²) in [5.74, 6) is -0.397. The van der Waals surface area contributed by atoms with Crippen molar-refractivity contribution < 1.29 is 18.0 Å². The quantitative estimate of drug-likeness (QED) is 0.832. The molecule has 5 nitrogen and oxygen atoms in total. The van der Waals surface area contributed by atoms with Crippen molar-refractivity contribution in [3.05, 3.63) is 41.3 Å². The summed E-state index contributed by atoms with van der Waals surface area (Å²) in [6.07, 6.45) is 4.22. The van der Waals surface area contributed by atoms with Crippen LogP contribution in [0.5, 0.6) is 0 Å². The van der Waals surface area contributed by atoms with Crippen LogP contribution >= 0.6 is 0 Å². The predicted octanol–water partition coefficient (Wildman–Crippen LogP) is 3.81. The monoisotopic (exact) mass is 377 g/mol. The molecule has 0 spiro atoms. The highest BCUT2D eigenvalue weighted by molar-refractivity contribution is 5.72. The molecular formula is C20H25F2N3O2. The van der Waals surface area contributed by atoms with E-state index in [2.05, 4.69) is 15.2 Å². The molecule has 0 saturated carbocycles. The van der Waals surface area contributed by atoms with Crippen LogP contribution in [0.15, 0.2) is 22.6 Å². The maximum atomic E-state index is 14.0. The molecule has 1 amide bonds. The van der Waals surface area contributed by atoms with E-state index in [1.165, 1.54) is 13.3 Å². The number of hydrogen-bond acceptors (Lipinski definition) is 4. The number of nitrogens with zero attached hydrogens (tertiary/aromatic N) is 2. The molecule has 1 saturated heterocycles. The molecule has 146 valence electrons. The predicted molar refractivity (Wildman–Crippen MR) is 97.9 cm³/mol. The van der Waals surface area contributed by atoms with Crippen molar-refractivity contribution in [2.24, 2.45) is 0 Å². The van der Waals surface area contributed by atoms with Gasteiger partial charge in [-0.15, -0.1) is 0 Å². The smallest absolute Gasteiger partial charge is 0.229 e. The molecule has 1 aromatic heterocycles. The second-order valence-electron chi connectivity index (χ2n) is 7.04. The lowest BCUT2D eigenvalue weighted by Crippen LogP contribution is -2.41. The fourth-order valence-electron chi connectivity index (χ4n) is 3.55. The van der Waals surface area contributed by atoms with Gasteiger partial charge in [0.25, 0.3) is 0 Å². The van der Waals surface area contributed by atoms with Gasteiger partial charge in [-0.3, -0.25) is 9.69 Å². The van der Waals surface area contributed by atoms with Crippen LogP contribution in [0.3, 0.4) is 0 Å². The number of aromatic nitrogens is 1. The lowest BCUT2D eigenvalue weighted by Gasteiger charge is -2.35. The van der Waals surface area contributed by atoms with Crippen molar-refractivity contribution >= 4 is 5.91 Å². The molecule has 1 N–H and O–H groups in total. The van der Waals surface area contributed by atoms with E-state index in [0.29, 0.717) is 24.9 Å². The number of hydrogen-bond donors (Lipinski definition) is 1. The first-order valence-corrected chi connectivity index (χ1v) is 9.34. The summed E-state index contributed by atoms with van der Waals surface area (Å²) in [4.78, 5) is 17.9. The van der Waals surface area contributed by atoms with Gasteiger partial charge < -0.3 is 9.73 Å². The minimum absolute atomic E-state index is 0.0218. The molecule has 1 aliphatic heterocycles. The van der Waals surface area contributed by atoms with Crippen molar-refractivity contribution in [3.8, 4) is 11.5 Å². The van der Waals surface area contributed by atoms with Crippen LogP contribution in [0.2, 0.25) is 0 Å². The Hall–Kier alpha value is -2.28. The number of piperidine rings is 1. The van der Waals surface area contributed by atoms with E-state index in [4.69, 9.17) is 4.42 Å². The third-order valence-electron chi connectivity index (χ3n) is 5.00. The number of halogens is 2. The summed E-state index contributed by atoms with van der Waals surface area (Å²) in [7, 11) is 0. The van der Waals surface area contributed by atoms with Crippen molar-refractivity contribution in [1.29, 1.82) is 0 Å². The Morgan fingerprint density at radius 1 is 1.37 bits per heavy atom. The van der Waals surface area contributed by atoms with Crippen LogP contribution in [-0.4, -0.2) is 34.9 Å². The summed E-state index contributed by atoms with van der Waals surface area (Å²) in [5, 5.41) is 2.85. The number of carbonyl (C=O) groups excluding carboxylic acids is 1. The number of nitrogens with one attached hydrogen (secondary N) is 1. The van der Waals surface area contributed by atoms with E-state index in [0.717, 1.165) is 49.7 Å². The van der Waals surface area contributed by atoms with E-state index in [1.54, 1.807) is 6.92 Å². The molecule has 7 heteroatoms. The molecule has 1 unspecified atom stereocenters. The number of oxazole rings is 1. The first-order chi connectivity index (χ1) is 12.9. The topological polar surface area (TPSA) is 58.4 Å². The summed E-state index contributed by atoms with van der Waals surface area (Å²) >= 11 is 0. The number of aryl methyl sites for hydroxylation is 1. The van der Waals surface area contributed by atoms with Gasteiger partial charge in [-0.1, -0.05) is 6.42 Å². The molecule has 1 aliphatic rings. The number of amides is 1. The number of likely N-dealkylation sites (tertiary alicyclic amines) is 1. The molecular weight excluding hydrogens is 352 g/mol. The average molecular weight is 377 g/mol. The van der Waals surface area contributed by atoms with Gasteiger partial charge in [0.15, 0.2) is 0 Å². The minimum atomic E-state index is -0.560. The third-order valence-corrected chi connectivity index (χ3v) is 5.00. The van der Waals surface area contributed by atoms with Gasteiger partial charge in [0.05, 0.1) is 11.3 Å². The Morgan fingerprint density at radius 2 is 2.19 bits per heavy atom. The average Bonchev–Trinajstić information content (AvgIpc) is 2.99. The van der Waals surface area contributed by atoms with Crippen molar-refractivity contribution in [2.45, 2.75) is 52.1 Å². The Labute approximate surface area is 157 Å². The van der Waals surface area contributed by atoms with Crippen molar-refractivity contribution in [1.82, 2.24) is 15.2 Å². The fraction of sp³-hybridized carbons (Fsp3) is 0.500. The van der Waals surface area contributed by atoms with Crippen LogP contribution in [0.1, 0.15) is 44.1 Å². The van der Waals surface area contributed by atoms with Gasteiger partial charge in [0.2, 0.25) is 11.8 Å². The molecule has 1 fully saturated rings. The Kier molecular flexibility index (Phi) is 6.21. The van der Waals surface area contributed by atoms with Gasteiger partial charge in [0, 0.05) is 26.1 Å². The Morgan fingerprint density at radius 3 is 2.96 bits per heavy atom. The molecule has 27 heavy (non-hydrogen) atoms. The van der Waals surface area contributed by atoms with Gasteiger partial charge in [0.1, 0.15) is 17.4 Å². The molecule has 0 aliphatic carbocycles. The van der Waals surface area contributed by atoms with Crippen LogP contribution in [-0.2, 0) is 11.3 Å². The molecule has 2 heterocycles. The van der Waals surface area contributed by atoms with E-state index in [1.807, 2.05) is 0 Å². The molecule has 0 bridgehead atoms. The second-order valence-corrected chi connectivity index (χ2v) is 7.04. The van der Waals surface area contributed by atoms with E-state index >= 15 is 0 Å². The zero-order valence-electron chi connectivity index (χ0n) is 15.7. The molecule has 3 rings (SSSR count). The highest BCUT2D eigenvalue weighted by atomic mass is 19.1. The second kappa shape index (κ2) is 8.61. The van der Waals surface area contributed by atoms with E-state index < -0.39 is 11.6 Å². The lowest BCUT2D eigenvalue weighted by molar-refractivity contribution is -0.119. The first-order valence-electron chi connectivity index (χ1n) is 9.34. The summed E-state index contributed by atoms with van der Waals surface area (Å²) in [6.45, 7) is 5.50. The Bertz CT molecular complexity index is 807. The van der Waals surface area contributed by atoms with Gasteiger partial charge in [-0.05, 0) is 50.9 Å². The van der Waals surface area contributed by atoms with Gasteiger partial charge in [-0.25, -0.2) is 13.8 Å². The van der Waals surface area contributed by atoms with E-state index in [9.17, 15) is 13.6 Å². The van der Waals surface area contributed by atoms with Gasteiger partial charge >= 0.3 is 0 Å². The van der Waals surface area contributed by atoms with Gasteiger partial charge in [-0.2, -0.15) is 0 Å². The number of rotatable bonds is 6. The maximum absolute atomic E-state index is 14.0. The zero-order valence-corrected chi connectivity index (χ0v) is 15.7. The summed E-state index contributed by atoms with van der Waals surface area (Å²) in [5.41, 5.74) is 0.769. The molecule has 1 aromatic carbocycles. The van der Waals surface area contributed by atoms with Crippen LogP contribution in [0.4, 0.5) is 8.78 Å². The fourth-order valence-corrected chi connectivity index (χ4v) is 3.55.